The van der Waals surface area contributed by atoms with Gasteiger partial charge in [0.1, 0.15) is 0 Å². The minimum absolute atomic E-state index is 0.0299. The lowest BCUT2D eigenvalue weighted by molar-refractivity contribution is -0.115. The zero-order valence-corrected chi connectivity index (χ0v) is 12.8. The molecule has 3 nitrogen and oxygen atoms in total. The topological polar surface area (TPSA) is 55.1 Å². The van der Waals surface area contributed by atoms with Gasteiger partial charge in [-0.15, -0.1) is 11.8 Å². The molecular weight excluding hydrogens is 256 g/mol. The summed E-state index contributed by atoms with van der Waals surface area (Å²) >= 11 is 1.71. The van der Waals surface area contributed by atoms with Gasteiger partial charge in [0.25, 0.3) is 0 Å². The highest BCUT2D eigenvalue weighted by Crippen LogP contribution is 2.22. The van der Waals surface area contributed by atoms with Gasteiger partial charge in [-0.25, -0.2) is 0 Å². The molecule has 106 valence electrons. The number of benzene rings is 1. The van der Waals surface area contributed by atoms with Crippen LogP contribution in [0.2, 0.25) is 0 Å². The van der Waals surface area contributed by atoms with Gasteiger partial charge in [0, 0.05) is 11.4 Å². The van der Waals surface area contributed by atoms with E-state index in [0.29, 0.717) is 5.69 Å². The molecule has 1 unspecified atom stereocenters. The lowest BCUT2D eigenvalue weighted by Gasteiger charge is -2.14. The van der Waals surface area contributed by atoms with E-state index in [0.717, 1.165) is 17.0 Å². The highest BCUT2D eigenvalue weighted by molar-refractivity contribution is 8.00. The van der Waals surface area contributed by atoms with Crippen molar-refractivity contribution in [3.8, 4) is 0 Å². The Bertz CT molecular complexity index is 421. The summed E-state index contributed by atoms with van der Waals surface area (Å²) in [4.78, 5) is 12.1. The molecule has 0 spiro atoms. The number of unbranched alkanes of at least 4 members (excludes halogenated alkanes) is 2. The molecule has 0 saturated carbocycles. The van der Waals surface area contributed by atoms with E-state index >= 15 is 0 Å². The Morgan fingerprint density at radius 2 is 2.16 bits per heavy atom. The van der Waals surface area contributed by atoms with Crippen molar-refractivity contribution in [1.82, 2.24) is 0 Å². The largest absolute Gasteiger partial charge is 0.398 e. The van der Waals surface area contributed by atoms with Crippen LogP contribution in [0.25, 0.3) is 0 Å². The van der Waals surface area contributed by atoms with Crippen molar-refractivity contribution in [3.63, 3.8) is 0 Å². The fourth-order valence-electron chi connectivity index (χ4n) is 1.71. The Hall–Kier alpha value is -1.16. The molecule has 3 N–H and O–H groups in total. The second kappa shape index (κ2) is 8.10. The van der Waals surface area contributed by atoms with Gasteiger partial charge in [-0.2, -0.15) is 0 Å². The van der Waals surface area contributed by atoms with Gasteiger partial charge in [0.2, 0.25) is 5.91 Å². The van der Waals surface area contributed by atoms with Gasteiger partial charge >= 0.3 is 0 Å². The molecule has 0 radical (unpaired) electrons. The number of hydrogen-bond donors (Lipinski definition) is 2. The lowest BCUT2D eigenvalue weighted by Crippen LogP contribution is -2.23. The molecule has 0 aliphatic heterocycles. The number of amides is 1. The molecule has 1 aromatic carbocycles. The van der Waals surface area contributed by atoms with Gasteiger partial charge in [0.05, 0.1) is 5.25 Å². The number of carbonyl (C=O) groups is 1. The first-order valence-corrected chi connectivity index (χ1v) is 7.88. The van der Waals surface area contributed by atoms with Crippen molar-refractivity contribution >= 4 is 29.0 Å². The molecular formula is C15H24N2OS. The third-order valence-corrected chi connectivity index (χ3v) is 4.36. The van der Waals surface area contributed by atoms with E-state index in [-0.39, 0.29) is 11.2 Å². The summed E-state index contributed by atoms with van der Waals surface area (Å²) in [5, 5.41) is 2.92. The highest BCUT2D eigenvalue weighted by Gasteiger charge is 2.14. The smallest absolute Gasteiger partial charge is 0.237 e. The fourth-order valence-corrected chi connectivity index (χ4v) is 2.65. The molecule has 1 atom stereocenters. The summed E-state index contributed by atoms with van der Waals surface area (Å²) in [5.41, 5.74) is 8.28. The molecule has 1 aromatic rings. The quantitative estimate of drug-likeness (QED) is 0.589. The molecule has 0 aromatic heterocycles. The van der Waals surface area contributed by atoms with Crippen LogP contribution >= 0.6 is 11.8 Å². The van der Waals surface area contributed by atoms with Crippen LogP contribution in [0.15, 0.2) is 18.2 Å². The minimum Gasteiger partial charge on any atom is -0.398 e. The van der Waals surface area contributed by atoms with E-state index < -0.39 is 0 Å². The van der Waals surface area contributed by atoms with E-state index in [4.69, 9.17) is 5.73 Å². The van der Waals surface area contributed by atoms with Crippen LogP contribution in [0.3, 0.4) is 0 Å². The maximum absolute atomic E-state index is 12.1. The summed E-state index contributed by atoms with van der Waals surface area (Å²) in [5.74, 6) is 1.09. The number of carbonyl (C=O) groups excluding carboxylic acids is 1. The maximum atomic E-state index is 12.1. The number of nitrogens with one attached hydrogen (secondary N) is 1. The van der Waals surface area contributed by atoms with Gasteiger partial charge in [-0.05, 0) is 43.7 Å². The summed E-state index contributed by atoms with van der Waals surface area (Å²) in [7, 11) is 0. The summed E-state index contributed by atoms with van der Waals surface area (Å²) < 4.78 is 0. The Balaban J connectivity index is 2.47. The van der Waals surface area contributed by atoms with Gasteiger partial charge < -0.3 is 11.1 Å². The second-order valence-corrected chi connectivity index (χ2v) is 6.18. The molecule has 0 aliphatic rings. The Kier molecular flexibility index (Phi) is 6.78. The van der Waals surface area contributed by atoms with Gasteiger partial charge in [-0.3, -0.25) is 4.79 Å². The van der Waals surface area contributed by atoms with Crippen molar-refractivity contribution in [3.05, 3.63) is 23.8 Å². The molecule has 0 saturated heterocycles. The number of hydrogen-bond acceptors (Lipinski definition) is 3. The first kappa shape index (κ1) is 15.9. The molecule has 0 bridgehead atoms. The van der Waals surface area contributed by atoms with E-state index in [9.17, 15) is 4.79 Å². The average molecular weight is 280 g/mol. The van der Waals surface area contributed by atoms with Gasteiger partial charge in [-0.1, -0.05) is 25.8 Å². The second-order valence-electron chi connectivity index (χ2n) is 4.73. The van der Waals surface area contributed by atoms with Crippen molar-refractivity contribution in [2.75, 3.05) is 16.8 Å². The molecule has 1 rings (SSSR count). The first-order chi connectivity index (χ1) is 9.06. The van der Waals surface area contributed by atoms with Gasteiger partial charge in [0.15, 0.2) is 0 Å². The Labute approximate surface area is 120 Å². The SMILES string of the molecule is CCCCCSC(C)C(=O)Nc1cccc(N)c1C. The molecule has 0 aliphatic carbocycles. The van der Waals surface area contributed by atoms with Crippen LogP contribution < -0.4 is 11.1 Å². The molecule has 1 amide bonds. The van der Waals surface area contributed by atoms with E-state index in [1.54, 1.807) is 11.8 Å². The summed E-state index contributed by atoms with van der Waals surface area (Å²) in [6, 6.07) is 5.59. The van der Waals surface area contributed by atoms with Crippen LogP contribution in [0.5, 0.6) is 0 Å². The summed E-state index contributed by atoms with van der Waals surface area (Å²) in [6.45, 7) is 6.06. The van der Waals surface area contributed by atoms with Crippen molar-refractivity contribution in [1.29, 1.82) is 0 Å². The Morgan fingerprint density at radius 1 is 1.42 bits per heavy atom. The van der Waals surface area contributed by atoms with Crippen LogP contribution in [-0.2, 0) is 4.79 Å². The third-order valence-electron chi connectivity index (χ3n) is 3.12. The first-order valence-electron chi connectivity index (χ1n) is 6.83. The highest BCUT2D eigenvalue weighted by atomic mass is 32.2. The normalized spacial score (nSPS) is 12.2. The standard InChI is InChI=1S/C15H24N2OS/c1-4-5-6-10-19-12(3)15(18)17-14-9-7-8-13(16)11(14)2/h7-9,12H,4-6,10,16H2,1-3H3,(H,17,18). The van der Waals surface area contributed by atoms with E-state index in [2.05, 4.69) is 12.2 Å². The zero-order valence-electron chi connectivity index (χ0n) is 12.0. The fraction of sp³-hybridized carbons (Fsp3) is 0.533. The zero-order chi connectivity index (χ0) is 14.3. The molecule has 19 heavy (non-hydrogen) atoms. The Morgan fingerprint density at radius 3 is 2.84 bits per heavy atom. The van der Waals surface area contributed by atoms with Crippen LogP contribution in [-0.4, -0.2) is 16.9 Å². The van der Waals surface area contributed by atoms with E-state index in [1.807, 2.05) is 32.0 Å². The van der Waals surface area contributed by atoms with Crippen molar-refractivity contribution < 1.29 is 4.79 Å². The molecule has 0 heterocycles. The number of nitrogens with two attached hydrogens (primary N) is 1. The monoisotopic (exact) mass is 280 g/mol. The third kappa shape index (κ3) is 5.15. The molecule has 0 fully saturated rings. The molecule has 4 heteroatoms. The number of rotatable bonds is 7. The number of nitrogen functional groups attached to an aromatic ring is 1. The van der Waals surface area contributed by atoms with Crippen molar-refractivity contribution in [2.45, 2.75) is 45.3 Å². The van der Waals surface area contributed by atoms with Crippen LogP contribution in [0.4, 0.5) is 11.4 Å². The van der Waals surface area contributed by atoms with Crippen LogP contribution in [0.1, 0.15) is 38.7 Å². The van der Waals surface area contributed by atoms with Crippen molar-refractivity contribution in [2.24, 2.45) is 0 Å². The number of thioether (sulfide) groups is 1. The number of anilines is 2. The predicted octanol–water partition coefficient (Wildman–Crippen LogP) is 3.83. The maximum Gasteiger partial charge on any atom is 0.237 e. The van der Waals surface area contributed by atoms with E-state index in [1.165, 1.54) is 19.3 Å². The lowest BCUT2D eigenvalue weighted by atomic mass is 10.1. The minimum atomic E-state index is -0.0299. The average Bonchev–Trinajstić information content (AvgIpc) is 2.39. The predicted molar refractivity (Wildman–Crippen MR) is 85.7 cm³/mol. The summed E-state index contributed by atoms with van der Waals surface area (Å²) in [6.07, 6.45) is 3.62. The van der Waals surface area contributed by atoms with Crippen LogP contribution in [0, 0.1) is 6.92 Å².